The SMILES string of the molecule is CSC(Cc1ccc(OCC(O)c2ccccc2Cl)cc1)C(=O)NC=O. The van der Waals surface area contributed by atoms with E-state index in [2.05, 4.69) is 5.32 Å². The Labute approximate surface area is 161 Å². The minimum absolute atomic E-state index is 0.0816. The zero-order valence-corrected chi connectivity index (χ0v) is 15.8. The Hall–Kier alpha value is -2.02. The van der Waals surface area contributed by atoms with Crippen molar-refractivity contribution in [3.63, 3.8) is 0 Å². The van der Waals surface area contributed by atoms with Gasteiger partial charge in [0.15, 0.2) is 0 Å². The van der Waals surface area contributed by atoms with Crippen LogP contribution in [0.1, 0.15) is 17.2 Å². The molecule has 0 fully saturated rings. The van der Waals surface area contributed by atoms with Crippen LogP contribution in [0.3, 0.4) is 0 Å². The predicted molar refractivity (Wildman–Crippen MR) is 104 cm³/mol. The summed E-state index contributed by atoms with van der Waals surface area (Å²) in [5, 5.41) is 12.5. The average Bonchev–Trinajstić information content (AvgIpc) is 2.65. The van der Waals surface area contributed by atoms with Gasteiger partial charge in [-0.3, -0.25) is 14.9 Å². The highest BCUT2D eigenvalue weighted by atomic mass is 35.5. The van der Waals surface area contributed by atoms with Gasteiger partial charge in [0.1, 0.15) is 18.5 Å². The minimum atomic E-state index is -0.823. The number of ether oxygens (including phenoxy) is 1. The first-order chi connectivity index (χ1) is 12.5. The number of imide groups is 1. The number of hydrogen-bond donors (Lipinski definition) is 2. The lowest BCUT2D eigenvalue weighted by Gasteiger charge is -2.15. The van der Waals surface area contributed by atoms with Crippen LogP contribution < -0.4 is 10.1 Å². The molecule has 2 aromatic carbocycles. The number of amides is 2. The summed E-state index contributed by atoms with van der Waals surface area (Å²) in [6, 6.07) is 14.4. The van der Waals surface area contributed by atoms with E-state index in [0.29, 0.717) is 29.2 Å². The Balaban J connectivity index is 1.92. The fraction of sp³-hybridized carbons (Fsp3) is 0.263. The molecule has 0 saturated carbocycles. The number of hydrogen-bond acceptors (Lipinski definition) is 5. The molecule has 2 atom stereocenters. The second-order valence-electron chi connectivity index (χ2n) is 5.55. The van der Waals surface area contributed by atoms with Crippen molar-refractivity contribution >= 4 is 35.7 Å². The van der Waals surface area contributed by atoms with Crippen molar-refractivity contribution in [2.24, 2.45) is 0 Å². The maximum atomic E-state index is 11.8. The molecule has 0 aliphatic rings. The third-order valence-corrected chi connectivity index (χ3v) is 5.09. The first-order valence-corrected chi connectivity index (χ1v) is 9.62. The summed E-state index contributed by atoms with van der Waals surface area (Å²) in [7, 11) is 0. The summed E-state index contributed by atoms with van der Waals surface area (Å²) in [6.07, 6.45) is 1.90. The van der Waals surface area contributed by atoms with Crippen LogP contribution in [0.25, 0.3) is 0 Å². The van der Waals surface area contributed by atoms with Gasteiger partial charge in [0.25, 0.3) is 0 Å². The van der Waals surface area contributed by atoms with E-state index in [0.717, 1.165) is 5.56 Å². The first-order valence-electron chi connectivity index (χ1n) is 7.96. The number of aliphatic hydroxyl groups is 1. The van der Waals surface area contributed by atoms with Crippen molar-refractivity contribution in [1.29, 1.82) is 0 Å². The van der Waals surface area contributed by atoms with E-state index < -0.39 is 6.10 Å². The van der Waals surface area contributed by atoms with Crippen LogP contribution in [0.15, 0.2) is 48.5 Å². The topological polar surface area (TPSA) is 75.6 Å². The normalized spacial score (nSPS) is 12.9. The quantitative estimate of drug-likeness (QED) is 0.640. The fourth-order valence-electron chi connectivity index (χ4n) is 2.38. The lowest BCUT2D eigenvalue weighted by molar-refractivity contribution is -0.124. The lowest BCUT2D eigenvalue weighted by atomic mass is 10.1. The number of halogens is 1. The molecule has 0 saturated heterocycles. The van der Waals surface area contributed by atoms with E-state index in [1.165, 1.54) is 11.8 Å². The number of carbonyl (C=O) groups is 2. The van der Waals surface area contributed by atoms with E-state index >= 15 is 0 Å². The number of aliphatic hydroxyl groups excluding tert-OH is 1. The van der Waals surface area contributed by atoms with Gasteiger partial charge >= 0.3 is 0 Å². The molecule has 2 aromatic rings. The molecule has 0 radical (unpaired) electrons. The molecule has 0 aromatic heterocycles. The molecule has 2 unspecified atom stereocenters. The highest BCUT2D eigenvalue weighted by Crippen LogP contribution is 2.24. The summed E-state index contributed by atoms with van der Waals surface area (Å²) in [5.74, 6) is 0.300. The summed E-state index contributed by atoms with van der Waals surface area (Å²) in [6.45, 7) is 0.0816. The average molecular weight is 394 g/mol. The molecule has 26 heavy (non-hydrogen) atoms. The number of rotatable bonds is 9. The van der Waals surface area contributed by atoms with Gasteiger partial charge in [-0.2, -0.15) is 11.8 Å². The Morgan fingerprint density at radius 3 is 2.58 bits per heavy atom. The van der Waals surface area contributed by atoms with E-state index in [-0.39, 0.29) is 17.8 Å². The summed E-state index contributed by atoms with van der Waals surface area (Å²) in [5.41, 5.74) is 1.57. The third kappa shape index (κ3) is 5.76. The van der Waals surface area contributed by atoms with Gasteiger partial charge in [-0.05, 0) is 36.4 Å². The van der Waals surface area contributed by atoms with E-state index in [9.17, 15) is 14.7 Å². The molecule has 0 bridgehead atoms. The van der Waals surface area contributed by atoms with E-state index in [1.54, 1.807) is 30.3 Å². The third-order valence-electron chi connectivity index (χ3n) is 3.79. The summed E-state index contributed by atoms with van der Waals surface area (Å²) in [4.78, 5) is 22.2. The zero-order chi connectivity index (χ0) is 18.9. The number of nitrogens with one attached hydrogen (secondary N) is 1. The van der Waals surface area contributed by atoms with Crippen LogP contribution in [0.4, 0.5) is 0 Å². The van der Waals surface area contributed by atoms with Gasteiger partial charge in [0.05, 0.1) is 5.25 Å². The van der Waals surface area contributed by atoms with Gasteiger partial charge in [-0.1, -0.05) is 41.9 Å². The van der Waals surface area contributed by atoms with Crippen molar-refractivity contribution in [1.82, 2.24) is 5.32 Å². The number of thioether (sulfide) groups is 1. The molecular weight excluding hydrogens is 374 g/mol. The molecule has 138 valence electrons. The lowest BCUT2D eigenvalue weighted by Crippen LogP contribution is -2.32. The molecule has 0 spiro atoms. The van der Waals surface area contributed by atoms with Crippen molar-refractivity contribution < 1.29 is 19.4 Å². The second kappa shape index (κ2) is 10.2. The highest BCUT2D eigenvalue weighted by Gasteiger charge is 2.17. The monoisotopic (exact) mass is 393 g/mol. The van der Waals surface area contributed by atoms with Crippen LogP contribution in [0.2, 0.25) is 5.02 Å². The molecule has 2 rings (SSSR count). The van der Waals surface area contributed by atoms with Gasteiger partial charge in [0.2, 0.25) is 12.3 Å². The van der Waals surface area contributed by atoms with Crippen LogP contribution >= 0.6 is 23.4 Å². The molecular formula is C19H20ClNO4S. The fourth-order valence-corrected chi connectivity index (χ4v) is 3.28. The van der Waals surface area contributed by atoms with Crippen LogP contribution in [0.5, 0.6) is 5.75 Å². The van der Waals surface area contributed by atoms with Gasteiger partial charge < -0.3 is 9.84 Å². The largest absolute Gasteiger partial charge is 0.491 e. The van der Waals surface area contributed by atoms with Crippen molar-refractivity contribution in [2.75, 3.05) is 12.9 Å². The number of benzene rings is 2. The summed E-state index contributed by atoms with van der Waals surface area (Å²) < 4.78 is 5.61. The van der Waals surface area contributed by atoms with Gasteiger partial charge in [0, 0.05) is 10.6 Å². The Morgan fingerprint density at radius 1 is 1.27 bits per heavy atom. The Kier molecular flexibility index (Phi) is 7.97. The molecule has 0 heterocycles. The maximum Gasteiger partial charge on any atom is 0.239 e. The van der Waals surface area contributed by atoms with Crippen molar-refractivity contribution in [3.05, 3.63) is 64.7 Å². The van der Waals surface area contributed by atoms with Crippen LogP contribution in [0, 0.1) is 0 Å². The molecule has 7 heteroatoms. The predicted octanol–water partition coefficient (Wildman–Crippen LogP) is 3.00. The molecule has 2 N–H and O–H groups in total. The van der Waals surface area contributed by atoms with Gasteiger partial charge in [-0.15, -0.1) is 0 Å². The molecule has 0 aliphatic heterocycles. The Bertz CT molecular complexity index is 739. The second-order valence-corrected chi connectivity index (χ2v) is 6.99. The summed E-state index contributed by atoms with van der Waals surface area (Å²) >= 11 is 7.44. The molecule has 5 nitrogen and oxygen atoms in total. The minimum Gasteiger partial charge on any atom is -0.491 e. The maximum absolute atomic E-state index is 11.8. The van der Waals surface area contributed by atoms with E-state index in [1.807, 2.05) is 24.5 Å². The van der Waals surface area contributed by atoms with Gasteiger partial charge in [-0.25, -0.2) is 0 Å². The highest BCUT2D eigenvalue weighted by molar-refractivity contribution is 7.99. The van der Waals surface area contributed by atoms with Crippen LogP contribution in [-0.4, -0.2) is 35.5 Å². The van der Waals surface area contributed by atoms with Crippen LogP contribution in [-0.2, 0) is 16.0 Å². The zero-order valence-electron chi connectivity index (χ0n) is 14.2. The van der Waals surface area contributed by atoms with Crippen molar-refractivity contribution in [2.45, 2.75) is 17.8 Å². The Morgan fingerprint density at radius 2 is 1.96 bits per heavy atom. The first kappa shape index (κ1) is 20.3. The molecule has 0 aliphatic carbocycles. The molecule has 2 amide bonds. The number of carbonyl (C=O) groups excluding carboxylic acids is 2. The van der Waals surface area contributed by atoms with E-state index in [4.69, 9.17) is 16.3 Å². The standard InChI is InChI=1S/C19H20ClNO4S/c1-26-18(19(24)21-12-22)10-13-6-8-14(9-7-13)25-11-17(23)15-4-2-3-5-16(15)20/h2-9,12,17-18,23H,10-11H2,1H3,(H,21,22,24). The van der Waals surface area contributed by atoms with Crippen molar-refractivity contribution in [3.8, 4) is 5.75 Å². The smallest absolute Gasteiger partial charge is 0.239 e.